The van der Waals surface area contributed by atoms with Crippen molar-refractivity contribution in [2.45, 2.75) is 6.92 Å². The monoisotopic (exact) mass is 386 g/mol. The van der Waals surface area contributed by atoms with Gasteiger partial charge in [0.1, 0.15) is 0 Å². The molecule has 0 amide bonds. The number of hydrogen-bond acceptors (Lipinski definition) is 6. The van der Waals surface area contributed by atoms with E-state index in [-0.39, 0.29) is 17.1 Å². The lowest BCUT2D eigenvalue weighted by Gasteiger charge is -2.04. The first-order valence-corrected chi connectivity index (χ1v) is 8.71. The number of sulfone groups is 1. The van der Waals surface area contributed by atoms with Gasteiger partial charge < -0.3 is 0 Å². The second-order valence-electron chi connectivity index (χ2n) is 4.53. The molecule has 1 heterocycles. The van der Waals surface area contributed by atoms with E-state index in [0.29, 0.717) is 0 Å². The predicted molar refractivity (Wildman–Crippen MR) is 83.1 cm³/mol. The van der Waals surface area contributed by atoms with Crippen molar-refractivity contribution < 1.29 is 17.7 Å². The van der Waals surface area contributed by atoms with E-state index in [1.54, 1.807) is 24.3 Å². The van der Waals surface area contributed by atoms with Gasteiger partial charge >= 0.3 is 5.76 Å². The minimum atomic E-state index is -3.49. The molecule has 9 heteroatoms. The molecule has 0 N–H and O–H groups in total. The number of carbonyl (C=O) groups is 1. The van der Waals surface area contributed by atoms with Crippen molar-refractivity contribution in [2.75, 3.05) is 6.26 Å². The van der Waals surface area contributed by atoms with Gasteiger partial charge in [-0.05, 0) is 31.2 Å². The van der Waals surface area contributed by atoms with Crippen molar-refractivity contribution in [1.82, 2.24) is 9.72 Å². The number of aromatic nitrogens is 2. The summed E-state index contributed by atoms with van der Waals surface area (Å²) in [4.78, 5) is 24.1. The Kier molecular flexibility index (Phi) is 4.47. The topological polar surface area (TPSA) is 99.2 Å². The lowest BCUT2D eigenvalue weighted by molar-refractivity contribution is 0.102. The molecule has 22 heavy (non-hydrogen) atoms. The van der Waals surface area contributed by atoms with Gasteiger partial charge in [-0.3, -0.25) is 9.32 Å². The van der Waals surface area contributed by atoms with Gasteiger partial charge in [-0.25, -0.2) is 17.8 Å². The van der Waals surface area contributed by atoms with Crippen LogP contribution in [0, 0.1) is 0 Å². The standard InChI is InChI=1S/C13H11BrN2O5S/c1-8(7-22(2,19)20)16-12(15-21-13(16)18)11(17)9-3-5-10(14)6-4-9/h3-7H,1-2H3/b8-7+. The Morgan fingerprint density at radius 2 is 1.91 bits per heavy atom. The molecular formula is C13H11BrN2O5S. The van der Waals surface area contributed by atoms with Crippen molar-refractivity contribution in [3.8, 4) is 0 Å². The number of rotatable bonds is 4. The molecule has 0 radical (unpaired) electrons. The van der Waals surface area contributed by atoms with E-state index in [2.05, 4.69) is 25.6 Å². The van der Waals surface area contributed by atoms with E-state index in [9.17, 15) is 18.0 Å². The van der Waals surface area contributed by atoms with Gasteiger partial charge in [0.2, 0.25) is 11.6 Å². The molecule has 2 rings (SSSR count). The third-order valence-electron chi connectivity index (χ3n) is 2.65. The molecule has 0 unspecified atom stereocenters. The number of allylic oxidation sites excluding steroid dienone is 1. The van der Waals surface area contributed by atoms with Gasteiger partial charge in [-0.15, -0.1) is 0 Å². The summed E-state index contributed by atoms with van der Waals surface area (Å²) in [6.45, 7) is 1.37. The zero-order chi connectivity index (χ0) is 16.5. The summed E-state index contributed by atoms with van der Waals surface area (Å²) < 4.78 is 28.7. The van der Waals surface area contributed by atoms with Crippen molar-refractivity contribution in [3.63, 3.8) is 0 Å². The van der Waals surface area contributed by atoms with E-state index in [4.69, 9.17) is 0 Å². The summed E-state index contributed by atoms with van der Waals surface area (Å²) in [5, 5.41) is 4.31. The van der Waals surface area contributed by atoms with Crippen LogP contribution in [0.25, 0.3) is 5.70 Å². The number of benzene rings is 1. The fourth-order valence-electron chi connectivity index (χ4n) is 1.80. The first kappa shape index (κ1) is 16.4. The van der Waals surface area contributed by atoms with Crippen LogP contribution in [0.4, 0.5) is 0 Å². The fourth-order valence-corrected chi connectivity index (χ4v) is 2.79. The molecule has 0 fully saturated rings. The highest BCUT2D eigenvalue weighted by atomic mass is 79.9. The number of ketones is 1. The molecule has 116 valence electrons. The molecule has 1 aromatic carbocycles. The fraction of sp³-hybridized carbons (Fsp3) is 0.154. The quantitative estimate of drug-likeness (QED) is 0.741. The highest BCUT2D eigenvalue weighted by Gasteiger charge is 2.21. The summed E-state index contributed by atoms with van der Waals surface area (Å²) in [6, 6.07) is 6.42. The third-order valence-corrected chi connectivity index (χ3v) is 3.95. The molecule has 0 bridgehead atoms. The molecule has 0 saturated carbocycles. The largest absolute Gasteiger partial charge is 0.446 e. The SMILES string of the molecule is C/C(=C\S(C)(=O)=O)n1c(C(=O)c2ccc(Br)cc2)noc1=O. The second-order valence-corrected chi connectivity index (χ2v) is 7.34. The molecule has 2 aromatic rings. The minimum Gasteiger partial charge on any atom is -0.295 e. The smallest absolute Gasteiger partial charge is 0.295 e. The van der Waals surface area contributed by atoms with Crippen molar-refractivity contribution in [1.29, 1.82) is 0 Å². The molecule has 0 spiro atoms. The first-order valence-electron chi connectivity index (χ1n) is 5.97. The summed E-state index contributed by atoms with van der Waals surface area (Å²) in [5.41, 5.74) is 0.312. The van der Waals surface area contributed by atoms with E-state index in [0.717, 1.165) is 20.7 Å². The van der Waals surface area contributed by atoms with Crippen LogP contribution in [-0.2, 0) is 9.84 Å². The van der Waals surface area contributed by atoms with Crippen LogP contribution in [0.3, 0.4) is 0 Å². The lowest BCUT2D eigenvalue weighted by Crippen LogP contribution is -2.19. The molecule has 0 aliphatic heterocycles. The number of halogens is 1. The van der Waals surface area contributed by atoms with Gasteiger partial charge in [0.15, 0.2) is 9.84 Å². The van der Waals surface area contributed by atoms with Crippen LogP contribution in [-0.4, -0.2) is 30.2 Å². The number of nitrogens with zero attached hydrogens (tertiary/aromatic N) is 2. The van der Waals surface area contributed by atoms with E-state index >= 15 is 0 Å². The maximum absolute atomic E-state index is 12.4. The summed E-state index contributed by atoms with van der Waals surface area (Å²) in [7, 11) is -3.49. The van der Waals surface area contributed by atoms with Crippen molar-refractivity contribution >= 4 is 37.2 Å². The average molecular weight is 387 g/mol. The van der Waals surface area contributed by atoms with E-state index in [1.165, 1.54) is 6.92 Å². The summed E-state index contributed by atoms with van der Waals surface area (Å²) in [6.07, 6.45) is 0.977. The lowest BCUT2D eigenvalue weighted by atomic mass is 10.1. The van der Waals surface area contributed by atoms with Gasteiger partial charge in [0.25, 0.3) is 0 Å². The van der Waals surface area contributed by atoms with Crippen LogP contribution >= 0.6 is 15.9 Å². The van der Waals surface area contributed by atoms with Crippen LogP contribution in [0.5, 0.6) is 0 Å². The van der Waals surface area contributed by atoms with Crippen molar-refractivity contribution in [2.24, 2.45) is 0 Å². The summed E-state index contributed by atoms with van der Waals surface area (Å²) in [5.74, 6) is -1.78. The van der Waals surface area contributed by atoms with Gasteiger partial charge in [-0.1, -0.05) is 21.1 Å². The summed E-state index contributed by atoms with van der Waals surface area (Å²) >= 11 is 3.25. The van der Waals surface area contributed by atoms with E-state index in [1.807, 2.05) is 0 Å². The molecule has 0 atom stereocenters. The van der Waals surface area contributed by atoms with Gasteiger partial charge in [0, 0.05) is 22.0 Å². The molecular weight excluding hydrogens is 376 g/mol. The van der Waals surface area contributed by atoms with Crippen LogP contribution in [0.1, 0.15) is 23.1 Å². The Labute approximate surface area is 134 Å². The Hall–Kier alpha value is -2.00. The zero-order valence-corrected chi connectivity index (χ0v) is 14.0. The Morgan fingerprint density at radius 1 is 1.32 bits per heavy atom. The predicted octanol–water partition coefficient (Wildman–Crippen LogP) is 1.69. The highest BCUT2D eigenvalue weighted by Crippen LogP contribution is 2.15. The van der Waals surface area contributed by atoms with Crippen molar-refractivity contribution in [3.05, 3.63) is 56.1 Å². The van der Waals surface area contributed by atoms with E-state index < -0.39 is 21.4 Å². The molecule has 0 aliphatic rings. The molecule has 0 saturated heterocycles. The Bertz CT molecular complexity index is 907. The second kappa shape index (κ2) is 6.01. The Morgan fingerprint density at radius 3 is 2.45 bits per heavy atom. The Balaban J connectivity index is 2.55. The van der Waals surface area contributed by atoms with Crippen LogP contribution < -0.4 is 5.76 Å². The average Bonchev–Trinajstić information content (AvgIpc) is 2.79. The minimum absolute atomic E-state index is 0.0224. The maximum Gasteiger partial charge on any atom is 0.446 e. The highest BCUT2D eigenvalue weighted by molar-refractivity contribution is 9.10. The first-order chi connectivity index (χ1) is 10.2. The molecule has 0 aliphatic carbocycles. The van der Waals surface area contributed by atoms with Gasteiger partial charge in [0.05, 0.1) is 5.41 Å². The van der Waals surface area contributed by atoms with Crippen LogP contribution in [0.15, 0.2) is 43.5 Å². The maximum atomic E-state index is 12.4. The molecule has 7 nitrogen and oxygen atoms in total. The normalized spacial score (nSPS) is 12.4. The number of carbonyl (C=O) groups excluding carboxylic acids is 1. The van der Waals surface area contributed by atoms with Gasteiger partial charge in [-0.2, -0.15) is 0 Å². The number of hydrogen-bond donors (Lipinski definition) is 0. The van der Waals surface area contributed by atoms with Crippen LogP contribution in [0.2, 0.25) is 0 Å². The zero-order valence-electron chi connectivity index (χ0n) is 11.6. The third kappa shape index (κ3) is 3.60. The molecule has 1 aromatic heterocycles.